The second kappa shape index (κ2) is 7.46. The van der Waals surface area contributed by atoms with E-state index in [-0.39, 0.29) is 17.9 Å². The molecule has 0 radical (unpaired) electrons. The van der Waals surface area contributed by atoms with Crippen molar-refractivity contribution in [3.05, 3.63) is 48.2 Å². The third-order valence-corrected chi connectivity index (χ3v) is 6.20. The smallest absolute Gasteiger partial charge is 0.271 e. The van der Waals surface area contributed by atoms with Crippen molar-refractivity contribution in [3.8, 4) is 11.3 Å². The third kappa shape index (κ3) is 3.13. The Balaban J connectivity index is 1.72. The minimum Gasteiger partial charge on any atom is -0.351 e. The van der Waals surface area contributed by atoms with Gasteiger partial charge in [-0.3, -0.25) is 9.59 Å². The van der Waals surface area contributed by atoms with Crippen LogP contribution in [0.3, 0.4) is 0 Å². The van der Waals surface area contributed by atoms with Gasteiger partial charge in [0, 0.05) is 18.3 Å². The molecular weight excluding hydrogens is 350 g/mol. The molecule has 0 spiro atoms. The largest absolute Gasteiger partial charge is 0.351 e. The Kier molecular flexibility index (Phi) is 5.00. The normalized spacial score (nSPS) is 22.4. The zero-order valence-corrected chi connectivity index (χ0v) is 16.8. The molecule has 1 atom stereocenters. The van der Waals surface area contributed by atoms with Crippen LogP contribution >= 0.6 is 0 Å². The van der Waals surface area contributed by atoms with Gasteiger partial charge in [-0.25, -0.2) is 0 Å². The molecular formula is C23H29N3O2. The number of aromatic nitrogens is 1. The Labute approximate surface area is 166 Å². The van der Waals surface area contributed by atoms with Gasteiger partial charge in [-0.15, -0.1) is 0 Å². The first-order valence-electron chi connectivity index (χ1n) is 10.4. The molecule has 2 aromatic rings. The number of hydrogen-bond acceptors (Lipinski definition) is 2. The maximum absolute atomic E-state index is 13.4. The Morgan fingerprint density at radius 1 is 1.11 bits per heavy atom. The average molecular weight is 380 g/mol. The van der Waals surface area contributed by atoms with E-state index in [1.807, 2.05) is 60.9 Å². The number of fused-ring (bicyclic) bond motifs is 1. The summed E-state index contributed by atoms with van der Waals surface area (Å²) < 4.78 is 2.03. The van der Waals surface area contributed by atoms with Crippen LogP contribution in [0.4, 0.5) is 0 Å². The molecule has 2 heterocycles. The van der Waals surface area contributed by atoms with Crippen LogP contribution in [0.15, 0.2) is 42.5 Å². The Hall–Kier alpha value is -2.56. The minimum absolute atomic E-state index is 0.0282. The maximum atomic E-state index is 13.4. The second-order valence-corrected chi connectivity index (χ2v) is 8.24. The lowest BCUT2D eigenvalue weighted by molar-refractivity contribution is -0.133. The van der Waals surface area contributed by atoms with Crippen LogP contribution in [0.25, 0.3) is 11.3 Å². The topological polar surface area (TPSA) is 54.3 Å². The van der Waals surface area contributed by atoms with Gasteiger partial charge in [0.15, 0.2) is 0 Å². The fourth-order valence-electron chi connectivity index (χ4n) is 4.62. The highest BCUT2D eigenvalue weighted by Crippen LogP contribution is 2.33. The molecule has 148 valence electrons. The number of amides is 2. The molecule has 1 aromatic carbocycles. The van der Waals surface area contributed by atoms with E-state index in [1.54, 1.807) is 4.90 Å². The fraction of sp³-hybridized carbons (Fsp3) is 0.478. The number of carbonyl (C=O) groups is 2. The number of carbonyl (C=O) groups excluding carboxylic acids is 2. The van der Waals surface area contributed by atoms with E-state index in [2.05, 4.69) is 5.32 Å². The van der Waals surface area contributed by atoms with Gasteiger partial charge < -0.3 is 14.8 Å². The summed E-state index contributed by atoms with van der Waals surface area (Å²) in [7, 11) is 0. The number of nitrogens with zero attached hydrogens (tertiary/aromatic N) is 2. The highest BCUT2D eigenvalue weighted by molar-refractivity contribution is 6.00. The summed E-state index contributed by atoms with van der Waals surface area (Å²) >= 11 is 0. The van der Waals surface area contributed by atoms with Gasteiger partial charge in [-0.1, -0.05) is 50.1 Å². The van der Waals surface area contributed by atoms with Crippen molar-refractivity contribution in [2.45, 2.75) is 64.1 Å². The lowest BCUT2D eigenvalue weighted by Gasteiger charge is -2.44. The van der Waals surface area contributed by atoms with Crippen LogP contribution in [-0.2, 0) is 11.3 Å². The van der Waals surface area contributed by atoms with Crippen molar-refractivity contribution in [2.75, 3.05) is 6.54 Å². The Morgan fingerprint density at radius 2 is 1.79 bits per heavy atom. The van der Waals surface area contributed by atoms with Crippen molar-refractivity contribution < 1.29 is 9.59 Å². The van der Waals surface area contributed by atoms with E-state index in [9.17, 15) is 9.59 Å². The molecule has 4 rings (SSSR count). The standard InChI is InChI=1S/C23H29N3O2/c1-3-15-26-21(27)20-14-13-19(17-9-5-4-6-10-17)25(20)16-23(26,2)22(28)24-18-11-7-8-12-18/h4-6,9-10,13-14,18H,3,7-8,11-12,15-16H2,1-2H3,(H,24,28)/t23-/m0/s1. The lowest BCUT2D eigenvalue weighted by Crippen LogP contribution is -2.64. The lowest BCUT2D eigenvalue weighted by atomic mass is 9.93. The van der Waals surface area contributed by atoms with Crippen LogP contribution < -0.4 is 5.32 Å². The molecule has 1 aliphatic heterocycles. The molecule has 1 aromatic heterocycles. The molecule has 5 nitrogen and oxygen atoms in total. The number of benzene rings is 1. The molecule has 28 heavy (non-hydrogen) atoms. The molecule has 1 saturated carbocycles. The first-order chi connectivity index (χ1) is 13.5. The van der Waals surface area contributed by atoms with Gasteiger partial charge in [-0.05, 0) is 43.9 Å². The second-order valence-electron chi connectivity index (χ2n) is 8.24. The molecule has 0 saturated heterocycles. The van der Waals surface area contributed by atoms with E-state index in [0.717, 1.165) is 30.5 Å². The summed E-state index contributed by atoms with van der Waals surface area (Å²) in [5, 5.41) is 3.23. The summed E-state index contributed by atoms with van der Waals surface area (Å²) in [5.41, 5.74) is 1.83. The van der Waals surface area contributed by atoms with E-state index in [4.69, 9.17) is 0 Å². The van der Waals surface area contributed by atoms with E-state index in [1.165, 1.54) is 12.8 Å². The first kappa shape index (κ1) is 18.8. The predicted octanol–water partition coefficient (Wildman–Crippen LogP) is 3.84. The molecule has 1 fully saturated rings. The van der Waals surface area contributed by atoms with Gasteiger partial charge in [0.25, 0.3) is 5.91 Å². The summed E-state index contributed by atoms with van der Waals surface area (Å²) in [5.74, 6) is -0.0843. The average Bonchev–Trinajstić information content (AvgIpc) is 3.35. The number of rotatable bonds is 5. The minimum atomic E-state index is -0.884. The van der Waals surface area contributed by atoms with Gasteiger partial charge in [0.2, 0.25) is 5.91 Å². The number of hydrogen-bond donors (Lipinski definition) is 1. The third-order valence-electron chi connectivity index (χ3n) is 6.20. The SMILES string of the molecule is CCCN1C(=O)c2ccc(-c3ccccc3)n2C[C@@]1(C)C(=O)NC1CCCC1. The van der Waals surface area contributed by atoms with Crippen molar-refractivity contribution in [1.82, 2.24) is 14.8 Å². The van der Waals surface area contributed by atoms with Crippen LogP contribution in [0.5, 0.6) is 0 Å². The van der Waals surface area contributed by atoms with E-state index < -0.39 is 5.54 Å². The summed E-state index contributed by atoms with van der Waals surface area (Å²) in [6.07, 6.45) is 5.23. The molecule has 2 amide bonds. The van der Waals surface area contributed by atoms with Gasteiger partial charge >= 0.3 is 0 Å². The van der Waals surface area contributed by atoms with Gasteiger partial charge in [0.1, 0.15) is 11.2 Å². The quantitative estimate of drug-likeness (QED) is 0.858. The van der Waals surface area contributed by atoms with Crippen molar-refractivity contribution >= 4 is 11.8 Å². The zero-order valence-electron chi connectivity index (χ0n) is 16.8. The Morgan fingerprint density at radius 3 is 2.46 bits per heavy atom. The predicted molar refractivity (Wildman–Crippen MR) is 110 cm³/mol. The van der Waals surface area contributed by atoms with Crippen LogP contribution in [0.2, 0.25) is 0 Å². The monoisotopic (exact) mass is 379 g/mol. The highest BCUT2D eigenvalue weighted by Gasteiger charge is 2.47. The van der Waals surface area contributed by atoms with Crippen molar-refractivity contribution in [3.63, 3.8) is 0 Å². The summed E-state index contributed by atoms with van der Waals surface area (Å²) in [4.78, 5) is 28.5. The van der Waals surface area contributed by atoms with Crippen LogP contribution in [-0.4, -0.2) is 39.4 Å². The number of nitrogens with one attached hydrogen (secondary N) is 1. The van der Waals surface area contributed by atoms with Crippen molar-refractivity contribution in [1.29, 1.82) is 0 Å². The van der Waals surface area contributed by atoms with E-state index in [0.29, 0.717) is 18.8 Å². The zero-order chi connectivity index (χ0) is 19.7. The van der Waals surface area contributed by atoms with Gasteiger partial charge in [-0.2, -0.15) is 0 Å². The summed E-state index contributed by atoms with van der Waals surface area (Å²) in [6, 6.07) is 14.2. The van der Waals surface area contributed by atoms with E-state index >= 15 is 0 Å². The molecule has 1 aliphatic carbocycles. The first-order valence-corrected chi connectivity index (χ1v) is 10.4. The highest BCUT2D eigenvalue weighted by atomic mass is 16.2. The molecule has 5 heteroatoms. The molecule has 2 aliphatic rings. The maximum Gasteiger partial charge on any atom is 0.271 e. The van der Waals surface area contributed by atoms with Gasteiger partial charge in [0.05, 0.1) is 6.54 Å². The molecule has 0 unspecified atom stereocenters. The fourth-order valence-corrected chi connectivity index (χ4v) is 4.62. The Bertz CT molecular complexity index is 867. The van der Waals surface area contributed by atoms with Crippen LogP contribution in [0, 0.1) is 0 Å². The van der Waals surface area contributed by atoms with Crippen LogP contribution in [0.1, 0.15) is 56.4 Å². The molecule has 0 bridgehead atoms. The summed E-state index contributed by atoms with van der Waals surface area (Å²) in [6.45, 7) is 5.03. The molecule has 1 N–H and O–H groups in total. The van der Waals surface area contributed by atoms with Crippen molar-refractivity contribution in [2.24, 2.45) is 0 Å².